The van der Waals surface area contributed by atoms with E-state index in [0.29, 0.717) is 48.9 Å². The fraction of sp³-hybridized carbons (Fsp3) is 0.529. The topological polar surface area (TPSA) is 149 Å². The molecule has 5 atom stereocenters. The third-order valence-electron chi connectivity index (χ3n) is 10.6. The number of ether oxygens (including phenoxy) is 3. The molecule has 0 aromatic heterocycles. The van der Waals surface area contributed by atoms with Gasteiger partial charge in [-0.2, -0.15) is 0 Å². The number of fused-ring (bicyclic) bond motifs is 2. The van der Waals surface area contributed by atoms with E-state index in [1.807, 2.05) is 56.4 Å². The lowest BCUT2D eigenvalue weighted by Gasteiger charge is -2.33. The van der Waals surface area contributed by atoms with Gasteiger partial charge in [-0.1, -0.05) is 19.1 Å². The highest BCUT2D eigenvalue weighted by atomic mass is 28.4. The molecule has 5 aliphatic heterocycles. The Hall–Kier alpha value is -3.98. The fourth-order valence-corrected chi connectivity index (χ4v) is 11.0. The molecule has 1 spiro atoms. The lowest BCUT2D eigenvalue weighted by atomic mass is 9.82. The van der Waals surface area contributed by atoms with Gasteiger partial charge in [0, 0.05) is 34.9 Å². The Kier molecular flexibility index (Phi) is 8.25. The highest BCUT2D eigenvalue weighted by Crippen LogP contribution is 2.60. The van der Waals surface area contributed by atoms with E-state index in [1.165, 1.54) is 4.90 Å². The summed E-state index contributed by atoms with van der Waals surface area (Å²) in [5.74, 6) is -1.00. The van der Waals surface area contributed by atoms with Gasteiger partial charge in [0.05, 0.1) is 50.5 Å². The molecular weight excluding hydrogens is 636 g/mol. The van der Waals surface area contributed by atoms with Crippen molar-refractivity contribution in [2.75, 3.05) is 54.2 Å². The maximum atomic E-state index is 15.0. The number of rotatable bonds is 8. The molecule has 256 valence electrons. The molecule has 0 aliphatic carbocycles. The first-order valence-corrected chi connectivity index (χ1v) is 19.7. The Balaban J connectivity index is 1.28. The number of benzene rings is 2. The maximum Gasteiger partial charge on any atom is 0.414 e. The number of carbonyl (C=O) groups is 4. The number of cyclic esters (lactones) is 2. The minimum atomic E-state index is -3.05. The predicted molar refractivity (Wildman–Crippen MR) is 177 cm³/mol. The summed E-state index contributed by atoms with van der Waals surface area (Å²) >= 11 is 0. The molecule has 4 amide bonds. The third-order valence-corrected chi connectivity index (χ3v) is 13.2. The van der Waals surface area contributed by atoms with Crippen molar-refractivity contribution in [1.29, 1.82) is 0 Å². The van der Waals surface area contributed by atoms with Crippen molar-refractivity contribution in [3.8, 4) is 0 Å². The zero-order valence-electron chi connectivity index (χ0n) is 27.5. The quantitative estimate of drug-likeness (QED) is 0.401. The second kappa shape index (κ2) is 12.2. The molecule has 0 saturated carbocycles. The number of hydrogen-bond donors (Lipinski definition) is 2. The van der Waals surface area contributed by atoms with Gasteiger partial charge in [-0.25, -0.2) is 9.59 Å². The van der Waals surface area contributed by atoms with Crippen LogP contribution in [0, 0.1) is 5.92 Å². The Morgan fingerprint density at radius 3 is 2.29 bits per heavy atom. The van der Waals surface area contributed by atoms with Crippen LogP contribution in [-0.2, 0) is 35.9 Å². The van der Waals surface area contributed by atoms with Gasteiger partial charge in [0.2, 0.25) is 5.91 Å². The van der Waals surface area contributed by atoms with Crippen LogP contribution in [0.4, 0.5) is 26.7 Å². The van der Waals surface area contributed by atoms with Crippen LogP contribution >= 0.6 is 0 Å². The molecule has 2 N–H and O–H groups in total. The molecular formula is C34H42N4O9Si. The van der Waals surface area contributed by atoms with Crippen molar-refractivity contribution in [2.24, 2.45) is 5.92 Å². The maximum absolute atomic E-state index is 15.0. The number of aliphatic hydroxyl groups is 1. The van der Waals surface area contributed by atoms with E-state index >= 15 is 0 Å². The second-order valence-electron chi connectivity index (χ2n) is 13.9. The molecule has 13 nitrogen and oxygen atoms in total. The van der Waals surface area contributed by atoms with Gasteiger partial charge in [0.15, 0.2) is 13.9 Å². The summed E-state index contributed by atoms with van der Waals surface area (Å²) in [6, 6.07) is 12.6. The van der Waals surface area contributed by atoms with Crippen molar-refractivity contribution in [2.45, 2.75) is 69.1 Å². The Morgan fingerprint density at radius 1 is 0.979 bits per heavy atom. The van der Waals surface area contributed by atoms with Gasteiger partial charge >= 0.3 is 12.2 Å². The number of aliphatic hydroxyl groups excluding tert-OH is 1. The molecule has 2 aromatic rings. The number of anilines is 3. The first-order chi connectivity index (χ1) is 22.9. The SMILES string of the molecule is C[C@@H]1[C@@H]([Si](C)(C)O)[C@H](CC(=O)N2CCC[C@H]2CO)O[C@@]12C(=O)N(Cc1cccc(N3CCOC3=O)c1)c1ccc(N3CCOC3=O)cc12. The van der Waals surface area contributed by atoms with E-state index in [9.17, 15) is 29.1 Å². The van der Waals surface area contributed by atoms with Gasteiger partial charge in [0.1, 0.15) is 13.2 Å². The number of likely N-dealkylation sites (tertiary alicyclic amines) is 1. The average molecular weight is 679 g/mol. The lowest BCUT2D eigenvalue weighted by molar-refractivity contribution is -0.150. The zero-order chi connectivity index (χ0) is 34.0. The molecule has 0 bridgehead atoms. The van der Waals surface area contributed by atoms with Gasteiger partial charge in [-0.15, -0.1) is 0 Å². The van der Waals surface area contributed by atoms with E-state index < -0.39 is 43.7 Å². The molecule has 48 heavy (non-hydrogen) atoms. The van der Waals surface area contributed by atoms with Crippen LogP contribution in [0.5, 0.6) is 0 Å². The number of hydrogen-bond acceptors (Lipinski definition) is 9. The predicted octanol–water partition coefficient (Wildman–Crippen LogP) is 3.32. The Labute approximate surface area is 280 Å². The third kappa shape index (κ3) is 5.25. The van der Waals surface area contributed by atoms with Crippen LogP contribution < -0.4 is 14.7 Å². The molecule has 4 fully saturated rings. The summed E-state index contributed by atoms with van der Waals surface area (Å²) in [5, 5.41) is 9.89. The summed E-state index contributed by atoms with van der Waals surface area (Å²) in [7, 11) is -3.05. The fourth-order valence-electron chi connectivity index (χ4n) is 8.49. The number of amides is 4. The molecule has 0 unspecified atom stereocenters. The van der Waals surface area contributed by atoms with Crippen molar-refractivity contribution >= 4 is 49.4 Å². The smallest absolute Gasteiger partial charge is 0.414 e. The lowest BCUT2D eigenvalue weighted by Crippen LogP contribution is -2.46. The summed E-state index contributed by atoms with van der Waals surface area (Å²) in [5.41, 5.74) is 1.19. The van der Waals surface area contributed by atoms with Crippen molar-refractivity contribution < 1.29 is 43.3 Å². The average Bonchev–Trinajstić information content (AvgIpc) is 3.87. The van der Waals surface area contributed by atoms with Gasteiger partial charge in [-0.05, 0) is 61.8 Å². The van der Waals surface area contributed by atoms with Crippen molar-refractivity contribution in [3.05, 3.63) is 53.6 Å². The van der Waals surface area contributed by atoms with E-state index in [2.05, 4.69) is 0 Å². The summed E-state index contributed by atoms with van der Waals surface area (Å²) < 4.78 is 17.2. The molecule has 5 aliphatic rings. The molecule has 2 aromatic carbocycles. The normalized spacial score (nSPS) is 28.6. The molecule has 7 rings (SSSR count). The second-order valence-corrected chi connectivity index (χ2v) is 17.9. The summed E-state index contributed by atoms with van der Waals surface area (Å²) in [6.45, 7) is 7.48. The van der Waals surface area contributed by atoms with Gasteiger partial charge < -0.3 is 33.9 Å². The minimum Gasteiger partial charge on any atom is -0.447 e. The summed E-state index contributed by atoms with van der Waals surface area (Å²) in [6.07, 6.45) is -0.149. The van der Waals surface area contributed by atoms with E-state index in [4.69, 9.17) is 14.2 Å². The molecule has 14 heteroatoms. The van der Waals surface area contributed by atoms with Gasteiger partial charge in [-0.3, -0.25) is 19.4 Å². The molecule has 0 radical (unpaired) electrons. The van der Waals surface area contributed by atoms with Crippen LogP contribution in [0.1, 0.15) is 37.3 Å². The molecule has 4 saturated heterocycles. The zero-order valence-corrected chi connectivity index (χ0v) is 28.5. The largest absolute Gasteiger partial charge is 0.447 e. The van der Waals surface area contributed by atoms with E-state index in [1.54, 1.807) is 20.8 Å². The van der Waals surface area contributed by atoms with Crippen LogP contribution in [0.2, 0.25) is 18.6 Å². The van der Waals surface area contributed by atoms with Gasteiger partial charge in [0.25, 0.3) is 5.91 Å². The number of nitrogens with zero attached hydrogens (tertiary/aromatic N) is 4. The van der Waals surface area contributed by atoms with Crippen molar-refractivity contribution in [3.63, 3.8) is 0 Å². The monoisotopic (exact) mass is 678 g/mol. The first kappa shape index (κ1) is 32.6. The first-order valence-electron chi connectivity index (χ1n) is 16.7. The molecule has 5 heterocycles. The minimum absolute atomic E-state index is 0.0288. The highest BCUT2D eigenvalue weighted by Gasteiger charge is 2.66. The highest BCUT2D eigenvalue weighted by molar-refractivity contribution is 6.71. The van der Waals surface area contributed by atoms with Crippen molar-refractivity contribution in [1.82, 2.24) is 4.90 Å². The van der Waals surface area contributed by atoms with E-state index in [-0.39, 0.29) is 44.0 Å². The van der Waals surface area contributed by atoms with Crippen LogP contribution in [-0.4, -0.2) is 98.7 Å². The van der Waals surface area contributed by atoms with Crippen LogP contribution in [0.3, 0.4) is 0 Å². The van der Waals surface area contributed by atoms with Crippen LogP contribution in [0.25, 0.3) is 0 Å². The van der Waals surface area contributed by atoms with E-state index in [0.717, 1.165) is 18.4 Å². The standard InChI is InChI=1S/C34H42N4O9Si/c1-21-30(48(2,3)44)28(18-29(40)35-11-5-8-25(35)20-39)47-34(21)26-17-24(37-13-15-46-33(37)43)9-10-27(26)38(31(34)41)19-22-6-4-7-23(16-22)36-12-14-45-32(36)42/h4,6-7,9-10,16-17,21,25,28,30,39,44H,5,8,11-15,18-20H2,1-3H3/t21-,25+,28+,30-,34+/m1/s1. The number of carbonyl (C=O) groups excluding carboxylic acids is 4. The Morgan fingerprint density at radius 2 is 1.67 bits per heavy atom. The summed E-state index contributed by atoms with van der Waals surface area (Å²) in [4.78, 5) is 71.6. The Bertz CT molecular complexity index is 1650. The van der Waals surface area contributed by atoms with Crippen LogP contribution in [0.15, 0.2) is 42.5 Å².